The van der Waals surface area contributed by atoms with Gasteiger partial charge in [0, 0.05) is 52.8 Å². The number of imidazole rings is 1. The molecule has 0 aliphatic carbocycles. The van der Waals surface area contributed by atoms with E-state index < -0.39 is 29.1 Å². The number of carbonyl (C=O) groups excluding carboxylic acids is 2. The molecular weight excluding hydrogens is 644 g/mol. The van der Waals surface area contributed by atoms with E-state index in [1.807, 2.05) is 37.3 Å². The van der Waals surface area contributed by atoms with E-state index in [4.69, 9.17) is 32.9 Å². The Morgan fingerprint density at radius 2 is 1.96 bits per heavy atom. The van der Waals surface area contributed by atoms with E-state index in [0.29, 0.717) is 58.6 Å². The number of hydrogen-bond acceptors (Lipinski definition) is 6. The maximum atomic E-state index is 16.4. The van der Waals surface area contributed by atoms with E-state index in [0.717, 1.165) is 11.1 Å². The van der Waals surface area contributed by atoms with Gasteiger partial charge in [-0.05, 0) is 66.6 Å². The topological polar surface area (TPSA) is 109 Å². The molecule has 4 aromatic carbocycles. The fourth-order valence-electron chi connectivity index (χ4n) is 8.04. The average Bonchev–Trinajstić information content (AvgIpc) is 3.75. The summed E-state index contributed by atoms with van der Waals surface area (Å²) in [6.45, 7) is 3.22. The van der Waals surface area contributed by atoms with Gasteiger partial charge in [0.25, 0.3) is 5.91 Å². The van der Waals surface area contributed by atoms with E-state index in [-0.39, 0.29) is 22.5 Å². The number of nitrogens with one attached hydrogen (secondary N) is 2. The molecule has 238 valence electrons. The van der Waals surface area contributed by atoms with Crippen LogP contribution in [-0.4, -0.2) is 44.1 Å². The Labute approximate surface area is 278 Å². The van der Waals surface area contributed by atoms with Crippen molar-refractivity contribution in [2.75, 3.05) is 11.9 Å². The molecule has 1 saturated heterocycles. The molecule has 3 aliphatic heterocycles. The van der Waals surface area contributed by atoms with E-state index in [1.165, 1.54) is 6.07 Å². The molecule has 0 bridgehead atoms. The van der Waals surface area contributed by atoms with Crippen molar-refractivity contribution in [3.8, 4) is 5.75 Å². The van der Waals surface area contributed by atoms with Gasteiger partial charge < -0.3 is 14.6 Å². The lowest BCUT2D eigenvalue weighted by Gasteiger charge is -2.40. The number of fused-ring (bicyclic) bond motifs is 7. The zero-order valence-electron chi connectivity index (χ0n) is 25.0. The third-order valence-electron chi connectivity index (χ3n) is 9.75. The highest BCUT2D eigenvalue weighted by Crippen LogP contribution is 2.65. The molecule has 1 fully saturated rings. The maximum absolute atomic E-state index is 16.4. The van der Waals surface area contributed by atoms with Crippen LogP contribution in [0.2, 0.25) is 10.0 Å². The first-order valence-electron chi connectivity index (χ1n) is 15.2. The highest BCUT2D eigenvalue weighted by atomic mass is 35.5. The zero-order valence-corrected chi connectivity index (χ0v) is 26.5. The van der Waals surface area contributed by atoms with E-state index in [1.54, 1.807) is 47.9 Å². The van der Waals surface area contributed by atoms with Crippen molar-refractivity contribution in [2.24, 2.45) is 0 Å². The molecule has 0 saturated carbocycles. The summed E-state index contributed by atoms with van der Waals surface area (Å²) in [5.74, 6) is -1.40. The van der Waals surface area contributed by atoms with Crippen LogP contribution in [0.15, 0.2) is 78.9 Å². The lowest BCUT2D eigenvalue weighted by Crippen LogP contribution is -2.52. The van der Waals surface area contributed by atoms with Crippen LogP contribution < -0.4 is 15.5 Å². The van der Waals surface area contributed by atoms with Gasteiger partial charge >= 0.3 is 0 Å². The fraction of sp³-hybridized carbons (Fsp3) is 0.229. The van der Waals surface area contributed by atoms with Gasteiger partial charge in [-0.3, -0.25) is 19.7 Å². The molecule has 4 atom stereocenters. The smallest absolute Gasteiger partial charge is 0.274 e. The number of hydroxylamine groups is 1. The van der Waals surface area contributed by atoms with Gasteiger partial charge in [0.2, 0.25) is 5.91 Å². The number of aromatic nitrogens is 2. The van der Waals surface area contributed by atoms with E-state index in [2.05, 4.69) is 14.8 Å². The molecule has 2 amide bonds. The zero-order chi connectivity index (χ0) is 32.6. The Bertz CT molecular complexity index is 2120. The van der Waals surface area contributed by atoms with Gasteiger partial charge in [0.05, 0.1) is 22.7 Å². The number of hydrogen-bond donors (Lipinski definition) is 3. The van der Waals surface area contributed by atoms with Crippen molar-refractivity contribution in [2.45, 2.75) is 43.4 Å². The third-order valence-corrected chi connectivity index (χ3v) is 10.3. The van der Waals surface area contributed by atoms with Crippen LogP contribution in [0.5, 0.6) is 5.75 Å². The number of anilines is 1. The predicted octanol–water partition coefficient (Wildman–Crippen LogP) is 6.61. The normalized spacial score (nSPS) is 22.7. The lowest BCUT2D eigenvalue weighted by atomic mass is 9.71. The molecule has 47 heavy (non-hydrogen) atoms. The summed E-state index contributed by atoms with van der Waals surface area (Å²) in [7, 11) is 0. The van der Waals surface area contributed by atoms with Gasteiger partial charge in [-0.25, -0.2) is 14.9 Å². The number of benzene rings is 4. The first-order chi connectivity index (χ1) is 22.8. The Morgan fingerprint density at radius 1 is 1.13 bits per heavy atom. The molecule has 8 rings (SSSR count). The van der Waals surface area contributed by atoms with Crippen molar-refractivity contribution in [3.05, 3.63) is 123 Å². The molecule has 1 aromatic heterocycles. The lowest BCUT2D eigenvalue weighted by molar-refractivity contribution is -0.128. The first-order valence-corrected chi connectivity index (χ1v) is 16.0. The molecule has 5 aromatic rings. The summed E-state index contributed by atoms with van der Waals surface area (Å²) in [6.07, 6.45) is 0. The molecule has 4 heterocycles. The minimum Gasteiger partial charge on any atom is -0.494 e. The second-order valence-electron chi connectivity index (χ2n) is 12.1. The maximum Gasteiger partial charge on any atom is 0.274 e. The Balaban J connectivity index is 1.39. The molecular formula is C35H28Cl2FN5O4. The monoisotopic (exact) mass is 671 g/mol. The van der Waals surface area contributed by atoms with Gasteiger partial charge in [-0.15, -0.1) is 0 Å². The van der Waals surface area contributed by atoms with Crippen LogP contribution in [-0.2, 0) is 23.4 Å². The highest BCUT2D eigenvalue weighted by Gasteiger charge is 2.69. The van der Waals surface area contributed by atoms with E-state index >= 15 is 4.39 Å². The van der Waals surface area contributed by atoms with Crippen molar-refractivity contribution >= 4 is 51.7 Å². The molecule has 3 N–H and O–H groups in total. The van der Waals surface area contributed by atoms with Crippen LogP contribution in [0.25, 0.3) is 11.0 Å². The SMILES string of the molecule is CCOc1cccc(CN2[C@H]3Cn4c(nc5cc(C(=O)NO)ccc54)[C@H]3[C@H](c3cccc(Cl)c3F)[C@]23C(=O)Nc2cc(Cl)ccc23)c1. The molecule has 12 heteroatoms. The molecule has 1 spiro atoms. The first kappa shape index (κ1) is 29.9. The largest absolute Gasteiger partial charge is 0.494 e. The molecule has 3 aliphatic rings. The minimum absolute atomic E-state index is 0.0436. The Morgan fingerprint density at radius 3 is 2.77 bits per heavy atom. The second-order valence-corrected chi connectivity index (χ2v) is 12.9. The van der Waals surface area contributed by atoms with Gasteiger partial charge in [0.1, 0.15) is 22.9 Å². The predicted molar refractivity (Wildman–Crippen MR) is 175 cm³/mol. The van der Waals surface area contributed by atoms with Crippen molar-refractivity contribution in [3.63, 3.8) is 0 Å². The van der Waals surface area contributed by atoms with Crippen LogP contribution in [0.4, 0.5) is 10.1 Å². The highest BCUT2D eigenvalue weighted by molar-refractivity contribution is 6.31. The summed E-state index contributed by atoms with van der Waals surface area (Å²) in [5, 5.41) is 12.7. The Hall–Kier alpha value is -4.48. The number of rotatable bonds is 6. The summed E-state index contributed by atoms with van der Waals surface area (Å²) in [5.41, 5.74) is 4.35. The molecule has 0 radical (unpaired) electrons. The van der Waals surface area contributed by atoms with Gasteiger partial charge in [-0.2, -0.15) is 0 Å². The van der Waals surface area contributed by atoms with Crippen LogP contribution in [0.3, 0.4) is 0 Å². The average molecular weight is 673 g/mol. The second kappa shape index (κ2) is 11.1. The number of ether oxygens (including phenoxy) is 1. The van der Waals surface area contributed by atoms with Crippen molar-refractivity contribution in [1.82, 2.24) is 19.9 Å². The standard InChI is InChI=1S/C35H28Cl2FN5O4/c1-2-47-21-6-3-5-18(13-21)16-43-28-17-42-27-12-9-19(33(44)41-46)14-26(27)39-32(42)29(28)30(22-7-4-8-24(37)31(22)38)35(43)23-11-10-20(36)15-25(23)40-34(35)45/h3-15,28-30,46H,2,16-17H2,1H3,(H,40,45)(H,41,44)/t28-,29+,30-,35+/m0/s1. The number of halogens is 3. The summed E-state index contributed by atoms with van der Waals surface area (Å²) in [4.78, 5) is 34.1. The molecule has 9 nitrogen and oxygen atoms in total. The summed E-state index contributed by atoms with van der Waals surface area (Å²) >= 11 is 12.8. The quantitative estimate of drug-likeness (QED) is 0.138. The number of likely N-dealkylation sites (tertiary alicyclic amines) is 1. The van der Waals surface area contributed by atoms with Crippen molar-refractivity contribution < 1.29 is 23.9 Å². The number of carbonyl (C=O) groups is 2. The minimum atomic E-state index is -1.37. The molecule has 0 unspecified atom stereocenters. The van der Waals surface area contributed by atoms with E-state index in [9.17, 15) is 14.8 Å². The number of nitrogens with zero attached hydrogens (tertiary/aromatic N) is 3. The van der Waals surface area contributed by atoms with Crippen LogP contribution in [0, 0.1) is 5.82 Å². The third kappa shape index (κ3) is 4.32. The van der Waals surface area contributed by atoms with Crippen molar-refractivity contribution in [1.29, 1.82) is 0 Å². The number of amides is 2. The Kier molecular flexibility index (Phi) is 7.03. The summed E-state index contributed by atoms with van der Waals surface area (Å²) in [6, 6.07) is 22.7. The summed E-state index contributed by atoms with van der Waals surface area (Å²) < 4.78 is 24.2. The fourth-order valence-corrected chi connectivity index (χ4v) is 8.40. The van der Waals surface area contributed by atoms with Crippen LogP contribution in [0.1, 0.15) is 51.6 Å². The van der Waals surface area contributed by atoms with Crippen LogP contribution >= 0.6 is 23.2 Å². The van der Waals surface area contributed by atoms with Gasteiger partial charge in [-0.1, -0.05) is 53.5 Å². The van der Waals surface area contributed by atoms with Gasteiger partial charge in [0.15, 0.2) is 0 Å².